The van der Waals surface area contributed by atoms with Crippen molar-refractivity contribution < 1.29 is 13.2 Å². The zero-order valence-corrected chi connectivity index (χ0v) is 14.0. The summed E-state index contributed by atoms with van der Waals surface area (Å²) >= 11 is 6.06. The van der Waals surface area contributed by atoms with Crippen LogP contribution in [0.25, 0.3) is 11.1 Å². The summed E-state index contributed by atoms with van der Waals surface area (Å²) in [6.07, 6.45) is -4.43. The van der Waals surface area contributed by atoms with E-state index in [1.807, 2.05) is 12.1 Å². The summed E-state index contributed by atoms with van der Waals surface area (Å²) in [7, 11) is 2.08. The monoisotopic (exact) mass is 354 g/mol. The SMILES string of the molecule is CN1CCN(c2ccc(-c3c(Cl)cccc3C(F)(F)F)cc2)CC1. The van der Waals surface area contributed by atoms with Gasteiger partial charge in [-0.15, -0.1) is 0 Å². The summed E-state index contributed by atoms with van der Waals surface area (Å²) in [4.78, 5) is 4.49. The van der Waals surface area contributed by atoms with Gasteiger partial charge in [0.15, 0.2) is 0 Å². The molecule has 0 unspecified atom stereocenters. The number of anilines is 1. The Kier molecular flexibility index (Phi) is 4.74. The van der Waals surface area contributed by atoms with E-state index in [1.54, 1.807) is 12.1 Å². The molecule has 1 fully saturated rings. The number of alkyl halides is 3. The van der Waals surface area contributed by atoms with Crippen molar-refractivity contribution in [3.8, 4) is 11.1 Å². The van der Waals surface area contributed by atoms with E-state index in [0.29, 0.717) is 5.56 Å². The molecule has 0 aromatic heterocycles. The molecule has 2 aromatic rings. The maximum atomic E-state index is 13.2. The second kappa shape index (κ2) is 6.65. The van der Waals surface area contributed by atoms with Crippen LogP contribution in [0.3, 0.4) is 0 Å². The van der Waals surface area contributed by atoms with Crippen molar-refractivity contribution in [3.63, 3.8) is 0 Å². The lowest BCUT2D eigenvalue weighted by Gasteiger charge is -2.34. The molecule has 0 amide bonds. The molecule has 24 heavy (non-hydrogen) atoms. The van der Waals surface area contributed by atoms with E-state index in [2.05, 4.69) is 16.8 Å². The highest BCUT2D eigenvalue weighted by Gasteiger charge is 2.34. The summed E-state index contributed by atoms with van der Waals surface area (Å²) in [6.45, 7) is 3.78. The highest BCUT2D eigenvalue weighted by molar-refractivity contribution is 6.33. The molecule has 0 bridgehead atoms. The molecule has 0 atom stereocenters. The normalized spacial score (nSPS) is 16.5. The second-order valence-electron chi connectivity index (χ2n) is 6.00. The maximum Gasteiger partial charge on any atom is 0.417 e. The molecule has 2 nitrogen and oxygen atoms in total. The third kappa shape index (κ3) is 3.52. The van der Waals surface area contributed by atoms with Gasteiger partial charge in [-0.05, 0) is 36.9 Å². The smallest absolute Gasteiger partial charge is 0.369 e. The summed E-state index contributed by atoms with van der Waals surface area (Å²) in [5.41, 5.74) is 0.831. The molecule has 128 valence electrons. The lowest BCUT2D eigenvalue weighted by molar-refractivity contribution is -0.137. The second-order valence-corrected chi connectivity index (χ2v) is 6.40. The Bertz CT molecular complexity index is 705. The molecule has 1 aliphatic heterocycles. The number of likely N-dealkylation sites (N-methyl/N-ethyl adjacent to an activating group) is 1. The average molecular weight is 355 g/mol. The Labute approximate surface area is 144 Å². The van der Waals surface area contributed by atoms with Crippen molar-refractivity contribution in [2.75, 3.05) is 38.1 Å². The predicted octanol–water partition coefficient (Wildman–Crippen LogP) is 4.78. The molecule has 0 saturated carbocycles. The number of piperazine rings is 1. The molecule has 2 aromatic carbocycles. The van der Waals surface area contributed by atoms with Crippen molar-refractivity contribution in [2.45, 2.75) is 6.18 Å². The molecule has 1 aliphatic rings. The Morgan fingerprint density at radius 1 is 0.917 bits per heavy atom. The van der Waals surface area contributed by atoms with Gasteiger partial charge in [0.25, 0.3) is 0 Å². The van der Waals surface area contributed by atoms with Crippen LogP contribution in [0.1, 0.15) is 5.56 Å². The topological polar surface area (TPSA) is 6.48 Å². The molecule has 1 heterocycles. The number of rotatable bonds is 2. The van der Waals surface area contributed by atoms with E-state index in [0.717, 1.165) is 37.9 Å². The van der Waals surface area contributed by atoms with E-state index < -0.39 is 11.7 Å². The fourth-order valence-electron chi connectivity index (χ4n) is 2.96. The Morgan fingerprint density at radius 3 is 2.12 bits per heavy atom. The number of nitrogens with zero attached hydrogens (tertiary/aromatic N) is 2. The van der Waals surface area contributed by atoms with E-state index in [-0.39, 0.29) is 10.6 Å². The molecule has 3 rings (SSSR count). The summed E-state index contributed by atoms with van der Waals surface area (Å²) in [5, 5.41) is 0.108. The highest BCUT2D eigenvalue weighted by Crippen LogP contribution is 2.41. The summed E-state index contributed by atoms with van der Waals surface area (Å²) in [6, 6.07) is 11.0. The van der Waals surface area contributed by atoms with Crippen LogP contribution in [-0.2, 0) is 6.18 Å². The number of benzene rings is 2. The Morgan fingerprint density at radius 2 is 1.54 bits per heavy atom. The standard InChI is InChI=1S/C18H18ClF3N2/c1-23-9-11-24(12-10-23)14-7-5-13(6-8-14)17-15(18(20,21)22)3-2-4-16(17)19/h2-8H,9-12H2,1H3. The summed E-state index contributed by atoms with van der Waals surface area (Å²) in [5.74, 6) is 0. The number of halogens is 4. The molecule has 6 heteroatoms. The van der Waals surface area contributed by atoms with Crippen LogP contribution in [0.2, 0.25) is 5.02 Å². The average Bonchev–Trinajstić information content (AvgIpc) is 2.55. The van der Waals surface area contributed by atoms with Gasteiger partial charge >= 0.3 is 6.18 Å². The van der Waals surface area contributed by atoms with Crippen molar-refractivity contribution in [3.05, 3.63) is 53.1 Å². The van der Waals surface area contributed by atoms with Gasteiger partial charge in [0.1, 0.15) is 0 Å². The third-order valence-electron chi connectivity index (χ3n) is 4.34. The van der Waals surface area contributed by atoms with Gasteiger partial charge in [0, 0.05) is 42.5 Å². The van der Waals surface area contributed by atoms with Gasteiger partial charge in [-0.25, -0.2) is 0 Å². The molecule has 1 saturated heterocycles. The third-order valence-corrected chi connectivity index (χ3v) is 4.66. The van der Waals surface area contributed by atoms with Gasteiger partial charge in [-0.2, -0.15) is 13.2 Å². The lowest BCUT2D eigenvalue weighted by Crippen LogP contribution is -2.44. The van der Waals surface area contributed by atoms with E-state index in [9.17, 15) is 13.2 Å². The minimum Gasteiger partial charge on any atom is -0.369 e. The van der Waals surface area contributed by atoms with Gasteiger partial charge in [0.2, 0.25) is 0 Å². The van der Waals surface area contributed by atoms with Crippen LogP contribution in [0.4, 0.5) is 18.9 Å². The Balaban J connectivity index is 1.92. The summed E-state index contributed by atoms with van der Waals surface area (Å²) < 4.78 is 39.7. The molecule has 0 aliphatic carbocycles. The van der Waals surface area contributed by atoms with E-state index in [4.69, 9.17) is 11.6 Å². The fourth-order valence-corrected chi connectivity index (χ4v) is 3.24. The predicted molar refractivity (Wildman–Crippen MR) is 91.6 cm³/mol. The van der Waals surface area contributed by atoms with Crippen molar-refractivity contribution in [1.29, 1.82) is 0 Å². The van der Waals surface area contributed by atoms with Crippen LogP contribution in [0, 0.1) is 0 Å². The van der Waals surface area contributed by atoms with Crippen LogP contribution >= 0.6 is 11.6 Å². The molecule has 0 spiro atoms. The maximum absolute atomic E-state index is 13.2. The van der Waals surface area contributed by atoms with Crippen molar-refractivity contribution in [2.24, 2.45) is 0 Å². The van der Waals surface area contributed by atoms with Crippen molar-refractivity contribution >= 4 is 17.3 Å². The largest absolute Gasteiger partial charge is 0.417 e. The quantitative estimate of drug-likeness (QED) is 0.766. The molecular weight excluding hydrogens is 337 g/mol. The van der Waals surface area contributed by atoms with Gasteiger partial charge in [-0.3, -0.25) is 0 Å². The van der Waals surface area contributed by atoms with E-state index in [1.165, 1.54) is 12.1 Å². The number of hydrogen-bond acceptors (Lipinski definition) is 2. The van der Waals surface area contributed by atoms with Crippen LogP contribution in [0.5, 0.6) is 0 Å². The highest BCUT2D eigenvalue weighted by atomic mass is 35.5. The van der Waals surface area contributed by atoms with E-state index >= 15 is 0 Å². The number of hydrogen-bond donors (Lipinski definition) is 0. The zero-order valence-electron chi connectivity index (χ0n) is 13.3. The van der Waals surface area contributed by atoms with Gasteiger partial charge in [-0.1, -0.05) is 29.8 Å². The first-order valence-corrected chi connectivity index (χ1v) is 8.14. The molecular formula is C18H18ClF3N2. The molecule has 0 N–H and O–H groups in total. The zero-order chi connectivity index (χ0) is 17.3. The Hall–Kier alpha value is -1.72. The fraction of sp³-hybridized carbons (Fsp3) is 0.333. The van der Waals surface area contributed by atoms with Gasteiger partial charge in [0.05, 0.1) is 5.56 Å². The first-order chi connectivity index (χ1) is 11.4. The minimum absolute atomic E-state index is 0.0385. The van der Waals surface area contributed by atoms with Crippen LogP contribution < -0.4 is 4.90 Å². The van der Waals surface area contributed by atoms with Crippen LogP contribution in [-0.4, -0.2) is 38.1 Å². The van der Waals surface area contributed by atoms with Crippen LogP contribution in [0.15, 0.2) is 42.5 Å². The lowest BCUT2D eigenvalue weighted by atomic mass is 9.98. The first kappa shape index (κ1) is 17.1. The molecule has 0 radical (unpaired) electrons. The van der Waals surface area contributed by atoms with Crippen molar-refractivity contribution in [1.82, 2.24) is 4.90 Å². The first-order valence-electron chi connectivity index (χ1n) is 7.76. The van der Waals surface area contributed by atoms with Gasteiger partial charge < -0.3 is 9.80 Å². The minimum atomic E-state index is -4.43.